The first kappa shape index (κ1) is 28.1. The van der Waals surface area contributed by atoms with Crippen molar-refractivity contribution in [2.24, 2.45) is 0 Å². The third-order valence-corrected chi connectivity index (χ3v) is 5.44. The summed E-state index contributed by atoms with van der Waals surface area (Å²) < 4.78 is 27.1. The summed E-state index contributed by atoms with van der Waals surface area (Å²) >= 11 is 0. The Morgan fingerprint density at radius 2 is 1.95 bits per heavy atom. The number of methoxy groups -OCH3 is 1. The van der Waals surface area contributed by atoms with Crippen molar-refractivity contribution < 1.29 is 18.7 Å². The molecule has 202 valence electrons. The van der Waals surface area contributed by atoms with E-state index >= 15 is 0 Å². The average Bonchev–Trinajstić information content (AvgIpc) is 3.41. The fourth-order valence-corrected chi connectivity index (χ4v) is 3.68. The highest BCUT2D eigenvalue weighted by atomic mass is 19.1. The maximum Gasteiger partial charge on any atom is 0.407 e. The van der Waals surface area contributed by atoms with Gasteiger partial charge in [0.25, 0.3) is 0 Å². The van der Waals surface area contributed by atoms with Crippen molar-refractivity contribution in [2.45, 2.75) is 65.1 Å². The minimum Gasteiger partial charge on any atom is -0.479 e. The van der Waals surface area contributed by atoms with Gasteiger partial charge in [0.2, 0.25) is 5.88 Å². The Morgan fingerprint density at radius 1 is 1.21 bits per heavy atom. The first-order valence-electron chi connectivity index (χ1n) is 12.1. The van der Waals surface area contributed by atoms with Gasteiger partial charge in [0.05, 0.1) is 43.0 Å². The summed E-state index contributed by atoms with van der Waals surface area (Å²) in [5.74, 6) is -0.338. The second kappa shape index (κ2) is 12.2. The Labute approximate surface area is 220 Å². The minimum atomic E-state index is -0.700. The number of hydrogen-bond donors (Lipinski definition) is 3. The molecule has 3 heterocycles. The van der Waals surface area contributed by atoms with Crippen LogP contribution >= 0.6 is 0 Å². The predicted octanol–water partition coefficient (Wildman–Crippen LogP) is 4.31. The number of carbonyl (C=O) groups is 1. The number of rotatable bonds is 10. The number of carbonyl (C=O) groups excluding carboxylic acids is 1. The van der Waals surface area contributed by atoms with Gasteiger partial charge < -0.3 is 25.4 Å². The maximum atomic E-state index is 15.0. The standard InChI is InChI=1S/C25H32FN9O3/c1-7-18(19(8-2)32-24(36)38-25(3,4)5)31-22-17(26)11-15(13-27)21(33-22)30-16-12-20(23(37-6)28-14-16)35-10-9-29-34-35/h9-12,14,18-19H,7-8H2,1-6H3,(H,32,36)(H2,30,31,33)/t18-,19+/m1/s1. The van der Waals surface area contributed by atoms with Crippen LogP contribution in [0.25, 0.3) is 5.69 Å². The molecule has 0 bridgehead atoms. The van der Waals surface area contributed by atoms with Crippen LogP contribution in [0.15, 0.2) is 30.7 Å². The molecule has 0 radical (unpaired) electrons. The van der Waals surface area contributed by atoms with Gasteiger partial charge in [-0.15, -0.1) is 5.10 Å². The van der Waals surface area contributed by atoms with Crippen molar-refractivity contribution in [3.63, 3.8) is 0 Å². The molecule has 0 aliphatic rings. The van der Waals surface area contributed by atoms with Crippen LogP contribution in [0.4, 0.5) is 26.5 Å². The van der Waals surface area contributed by atoms with Crippen LogP contribution in [0.2, 0.25) is 0 Å². The largest absolute Gasteiger partial charge is 0.479 e. The Hall–Kier alpha value is -4.47. The second-order valence-corrected chi connectivity index (χ2v) is 9.37. The van der Waals surface area contributed by atoms with Crippen LogP contribution in [0.5, 0.6) is 5.88 Å². The van der Waals surface area contributed by atoms with E-state index in [1.54, 1.807) is 33.0 Å². The zero-order valence-electron chi connectivity index (χ0n) is 22.2. The summed E-state index contributed by atoms with van der Waals surface area (Å²) in [5.41, 5.74) is 0.309. The second-order valence-electron chi connectivity index (χ2n) is 9.37. The van der Waals surface area contributed by atoms with E-state index in [1.807, 2.05) is 19.9 Å². The van der Waals surface area contributed by atoms with Crippen molar-refractivity contribution in [2.75, 3.05) is 17.7 Å². The van der Waals surface area contributed by atoms with E-state index in [4.69, 9.17) is 9.47 Å². The molecule has 1 amide bonds. The lowest BCUT2D eigenvalue weighted by Crippen LogP contribution is -2.48. The molecular formula is C25H32FN9O3. The van der Waals surface area contributed by atoms with Gasteiger partial charge in [-0.3, -0.25) is 0 Å². The molecular weight excluding hydrogens is 493 g/mol. The number of nitrogens with one attached hydrogen (secondary N) is 3. The average molecular weight is 526 g/mol. The van der Waals surface area contributed by atoms with Crippen LogP contribution in [-0.2, 0) is 4.74 Å². The number of anilines is 3. The topological polar surface area (TPSA) is 152 Å². The zero-order valence-corrected chi connectivity index (χ0v) is 22.2. The van der Waals surface area contributed by atoms with E-state index in [-0.39, 0.29) is 29.3 Å². The van der Waals surface area contributed by atoms with Crippen molar-refractivity contribution in [1.82, 2.24) is 30.3 Å². The molecule has 3 aromatic rings. The number of halogens is 1. The number of alkyl carbamates (subject to hydrolysis) is 1. The molecule has 12 nitrogen and oxygen atoms in total. The number of pyridine rings is 2. The fraction of sp³-hybridized carbons (Fsp3) is 0.440. The highest BCUT2D eigenvalue weighted by molar-refractivity contribution is 5.69. The highest BCUT2D eigenvalue weighted by Crippen LogP contribution is 2.28. The quantitative estimate of drug-likeness (QED) is 0.349. The molecule has 3 N–H and O–H groups in total. The summed E-state index contributed by atoms with van der Waals surface area (Å²) in [6.45, 7) is 9.15. The molecule has 0 unspecified atom stereocenters. The minimum absolute atomic E-state index is 0.00172. The number of hydrogen-bond acceptors (Lipinski definition) is 10. The molecule has 0 spiro atoms. The van der Waals surface area contributed by atoms with Crippen LogP contribution in [-0.4, -0.2) is 55.8 Å². The van der Waals surface area contributed by atoms with Gasteiger partial charge >= 0.3 is 6.09 Å². The first-order valence-corrected chi connectivity index (χ1v) is 12.1. The zero-order chi connectivity index (χ0) is 27.9. The molecule has 3 aromatic heterocycles. The summed E-state index contributed by atoms with van der Waals surface area (Å²) in [7, 11) is 1.48. The summed E-state index contributed by atoms with van der Waals surface area (Å²) in [6.07, 6.45) is 5.19. The maximum absolute atomic E-state index is 15.0. The van der Waals surface area contributed by atoms with Gasteiger partial charge in [-0.05, 0) is 45.7 Å². The number of amides is 1. The Morgan fingerprint density at radius 3 is 2.53 bits per heavy atom. The summed E-state index contributed by atoms with van der Waals surface area (Å²) in [5, 5.41) is 26.3. The van der Waals surface area contributed by atoms with Crippen molar-refractivity contribution >= 4 is 23.4 Å². The van der Waals surface area contributed by atoms with Crippen molar-refractivity contribution in [3.8, 4) is 17.6 Å². The molecule has 0 saturated heterocycles. The van der Waals surface area contributed by atoms with Gasteiger partial charge in [-0.25, -0.2) is 23.8 Å². The lowest BCUT2D eigenvalue weighted by molar-refractivity contribution is 0.0496. The lowest BCUT2D eigenvalue weighted by atomic mass is 10.0. The van der Waals surface area contributed by atoms with Crippen LogP contribution in [0.3, 0.4) is 0 Å². The third-order valence-electron chi connectivity index (χ3n) is 5.44. The number of ether oxygens (including phenoxy) is 2. The predicted molar refractivity (Wildman–Crippen MR) is 139 cm³/mol. The van der Waals surface area contributed by atoms with Crippen LogP contribution in [0, 0.1) is 17.1 Å². The highest BCUT2D eigenvalue weighted by Gasteiger charge is 2.25. The molecule has 0 saturated carbocycles. The Kier molecular flexibility index (Phi) is 9.01. The van der Waals surface area contributed by atoms with Gasteiger partial charge in [0, 0.05) is 6.04 Å². The monoisotopic (exact) mass is 525 g/mol. The van der Waals surface area contributed by atoms with Crippen molar-refractivity contribution in [1.29, 1.82) is 5.26 Å². The lowest BCUT2D eigenvalue weighted by Gasteiger charge is -2.29. The number of aromatic nitrogens is 5. The van der Waals surface area contributed by atoms with E-state index in [1.165, 1.54) is 24.2 Å². The van der Waals surface area contributed by atoms with E-state index in [0.717, 1.165) is 6.07 Å². The molecule has 0 aliphatic carbocycles. The number of nitriles is 1. The number of nitrogens with zero attached hydrogens (tertiary/aromatic N) is 6. The SMILES string of the molecule is CC[C@H](NC(=O)OC(C)(C)C)[C@@H](CC)Nc1nc(Nc2cnc(OC)c(-n3ccnn3)c2)c(C#N)cc1F. The summed E-state index contributed by atoms with van der Waals surface area (Å²) in [4.78, 5) is 21.0. The molecule has 13 heteroatoms. The van der Waals surface area contributed by atoms with Gasteiger partial charge in [0.1, 0.15) is 17.4 Å². The third kappa shape index (κ3) is 7.06. The molecule has 0 aromatic carbocycles. The fourth-order valence-electron chi connectivity index (χ4n) is 3.68. The molecule has 2 atom stereocenters. The van der Waals surface area contributed by atoms with Crippen molar-refractivity contribution in [3.05, 3.63) is 42.1 Å². The van der Waals surface area contributed by atoms with Crippen LogP contribution < -0.4 is 20.7 Å². The van der Waals surface area contributed by atoms with E-state index in [0.29, 0.717) is 30.1 Å². The normalized spacial score (nSPS) is 12.7. The van der Waals surface area contributed by atoms with E-state index in [9.17, 15) is 14.4 Å². The molecule has 0 aliphatic heterocycles. The van der Waals surface area contributed by atoms with Crippen LogP contribution in [0.1, 0.15) is 53.0 Å². The Bertz CT molecular complexity index is 1290. The van der Waals surface area contributed by atoms with E-state index < -0.39 is 17.5 Å². The smallest absolute Gasteiger partial charge is 0.407 e. The van der Waals surface area contributed by atoms with Gasteiger partial charge in [0.15, 0.2) is 17.5 Å². The Balaban J connectivity index is 1.88. The molecule has 3 rings (SSSR count). The molecule has 0 fully saturated rings. The summed E-state index contributed by atoms with van der Waals surface area (Å²) in [6, 6.07) is 4.02. The van der Waals surface area contributed by atoms with Gasteiger partial charge in [-0.1, -0.05) is 19.1 Å². The molecule has 38 heavy (non-hydrogen) atoms. The van der Waals surface area contributed by atoms with E-state index in [2.05, 4.69) is 36.2 Å². The first-order chi connectivity index (χ1) is 18.1. The van der Waals surface area contributed by atoms with Gasteiger partial charge in [-0.2, -0.15) is 5.26 Å².